The molecule has 1 aromatic rings. The lowest BCUT2D eigenvalue weighted by Crippen LogP contribution is -2.62. The van der Waals surface area contributed by atoms with Gasteiger partial charge in [-0.2, -0.15) is 18.4 Å². The van der Waals surface area contributed by atoms with Gasteiger partial charge in [0.25, 0.3) is 0 Å². The molecule has 24 heavy (non-hydrogen) atoms. The molecule has 2 saturated heterocycles. The Kier molecular flexibility index (Phi) is 5.09. The van der Waals surface area contributed by atoms with E-state index in [0.717, 1.165) is 26.2 Å². The average Bonchev–Trinajstić information content (AvgIpc) is 2.61. The largest absolute Gasteiger partial charge is 0.394 e. The Morgan fingerprint density at radius 1 is 1.12 bits per heavy atom. The Labute approximate surface area is 139 Å². The van der Waals surface area contributed by atoms with Crippen LogP contribution >= 0.6 is 0 Å². The topological polar surface area (TPSA) is 51.1 Å². The molecular weight excluding hydrogens is 317 g/mol. The summed E-state index contributed by atoms with van der Waals surface area (Å²) in [5.41, 5.74) is 0.654. The number of nitrogens with one attached hydrogen (secondary N) is 2. The predicted molar refractivity (Wildman–Crippen MR) is 84.1 cm³/mol. The molecule has 3 rings (SSSR count). The minimum absolute atomic E-state index is 0.208. The monoisotopic (exact) mass is 338 g/mol. The summed E-state index contributed by atoms with van der Waals surface area (Å²) in [7, 11) is 0. The fourth-order valence-electron chi connectivity index (χ4n) is 3.83. The molecular formula is C17H21F3N4. The second-order valence-corrected chi connectivity index (χ2v) is 6.40. The summed E-state index contributed by atoms with van der Waals surface area (Å²) >= 11 is 0. The van der Waals surface area contributed by atoms with Gasteiger partial charge in [0.2, 0.25) is 0 Å². The van der Waals surface area contributed by atoms with Gasteiger partial charge in [0.05, 0.1) is 18.2 Å². The normalized spacial score (nSPS) is 32.2. The highest BCUT2D eigenvalue weighted by molar-refractivity contribution is 5.24. The summed E-state index contributed by atoms with van der Waals surface area (Å²) in [4.78, 5) is 2.14. The lowest BCUT2D eigenvalue weighted by Gasteiger charge is -2.46. The summed E-state index contributed by atoms with van der Waals surface area (Å²) in [5.74, 6) is -2.40. The van der Waals surface area contributed by atoms with Crippen LogP contribution in [0.15, 0.2) is 30.3 Å². The number of nitriles is 1. The number of halogens is 3. The van der Waals surface area contributed by atoms with Gasteiger partial charge in [-0.05, 0) is 12.0 Å². The zero-order chi connectivity index (χ0) is 17.2. The maximum atomic E-state index is 13.7. The van der Waals surface area contributed by atoms with Crippen LogP contribution in [0.2, 0.25) is 0 Å². The molecule has 2 aliphatic heterocycles. The van der Waals surface area contributed by atoms with Gasteiger partial charge in [-0.25, -0.2) is 0 Å². The first-order chi connectivity index (χ1) is 11.5. The number of rotatable bonds is 2. The van der Waals surface area contributed by atoms with Gasteiger partial charge in [0.1, 0.15) is 6.04 Å². The molecule has 7 heteroatoms. The molecule has 0 aliphatic carbocycles. The van der Waals surface area contributed by atoms with E-state index in [1.165, 1.54) is 0 Å². The number of hydrogen-bond donors (Lipinski definition) is 2. The van der Waals surface area contributed by atoms with Gasteiger partial charge < -0.3 is 5.32 Å². The van der Waals surface area contributed by atoms with Crippen molar-refractivity contribution in [2.75, 3.05) is 26.2 Å². The van der Waals surface area contributed by atoms with Crippen LogP contribution < -0.4 is 10.6 Å². The average molecular weight is 338 g/mol. The van der Waals surface area contributed by atoms with E-state index in [1.54, 1.807) is 30.3 Å². The van der Waals surface area contributed by atoms with Gasteiger partial charge in [-0.3, -0.25) is 10.2 Å². The molecule has 0 spiro atoms. The van der Waals surface area contributed by atoms with Crippen LogP contribution in [0.3, 0.4) is 0 Å². The van der Waals surface area contributed by atoms with Gasteiger partial charge >= 0.3 is 6.18 Å². The summed E-state index contributed by atoms with van der Waals surface area (Å²) < 4.78 is 41.0. The minimum Gasteiger partial charge on any atom is -0.314 e. The molecule has 0 bridgehead atoms. The fourth-order valence-corrected chi connectivity index (χ4v) is 3.83. The van der Waals surface area contributed by atoms with E-state index in [0.29, 0.717) is 12.0 Å². The van der Waals surface area contributed by atoms with Crippen LogP contribution in [0.25, 0.3) is 0 Å². The van der Waals surface area contributed by atoms with Crippen molar-refractivity contribution in [3.63, 3.8) is 0 Å². The zero-order valence-electron chi connectivity index (χ0n) is 13.3. The van der Waals surface area contributed by atoms with Crippen LogP contribution in [0.5, 0.6) is 0 Å². The number of piperazine rings is 1. The van der Waals surface area contributed by atoms with Crippen molar-refractivity contribution in [1.29, 1.82) is 5.26 Å². The minimum atomic E-state index is -4.41. The number of benzene rings is 1. The van der Waals surface area contributed by atoms with E-state index < -0.39 is 24.1 Å². The number of alkyl halides is 3. The van der Waals surface area contributed by atoms with Crippen molar-refractivity contribution >= 4 is 0 Å². The molecule has 0 radical (unpaired) electrons. The molecule has 0 saturated carbocycles. The number of nitrogens with zero attached hydrogens (tertiary/aromatic N) is 2. The summed E-state index contributed by atoms with van der Waals surface area (Å²) in [5, 5.41) is 15.5. The molecule has 4 nitrogen and oxygen atoms in total. The summed E-state index contributed by atoms with van der Waals surface area (Å²) in [6.07, 6.45) is -4.27. The Balaban J connectivity index is 1.91. The molecule has 0 amide bonds. The Morgan fingerprint density at radius 2 is 1.79 bits per heavy atom. The first-order valence-corrected chi connectivity index (χ1v) is 8.23. The molecule has 2 heterocycles. The van der Waals surface area contributed by atoms with E-state index in [2.05, 4.69) is 15.5 Å². The molecule has 130 valence electrons. The van der Waals surface area contributed by atoms with Crippen LogP contribution in [0, 0.1) is 17.2 Å². The fraction of sp³-hybridized carbons (Fsp3) is 0.588. The number of hydrogen-bond acceptors (Lipinski definition) is 4. The second kappa shape index (κ2) is 7.09. The molecule has 1 aromatic carbocycles. The van der Waals surface area contributed by atoms with E-state index >= 15 is 0 Å². The van der Waals surface area contributed by atoms with Crippen molar-refractivity contribution in [2.24, 2.45) is 5.92 Å². The Hall–Kier alpha value is -1.62. The third kappa shape index (κ3) is 3.56. The Bertz CT molecular complexity index is 578. The van der Waals surface area contributed by atoms with Crippen molar-refractivity contribution in [3.8, 4) is 6.07 Å². The highest BCUT2D eigenvalue weighted by Crippen LogP contribution is 2.45. The van der Waals surface area contributed by atoms with E-state index in [-0.39, 0.29) is 6.17 Å². The van der Waals surface area contributed by atoms with Crippen molar-refractivity contribution < 1.29 is 13.2 Å². The molecule has 2 N–H and O–H groups in total. The van der Waals surface area contributed by atoms with Crippen molar-refractivity contribution in [2.45, 2.75) is 30.7 Å². The van der Waals surface area contributed by atoms with E-state index in [9.17, 15) is 18.4 Å². The quantitative estimate of drug-likeness (QED) is 0.867. The van der Waals surface area contributed by atoms with E-state index in [1.807, 2.05) is 6.07 Å². The third-order valence-electron chi connectivity index (χ3n) is 4.98. The molecule has 0 aromatic heterocycles. The van der Waals surface area contributed by atoms with Gasteiger partial charge in [-0.1, -0.05) is 30.3 Å². The maximum Gasteiger partial charge on any atom is 0.394 e. The van der Waals surface area contributed by atoms with Crippen molar-refractivity contribution in [1.82, 2.24) is 15.5 Å². The summed E-state index contributed by atoms with van der Waals surface area (Å²) in [6, 6.07) is 9.40. The number of piperidine rings is 1. The van der Waals surface area contributed by atoms with Crippen LogP contribution in [0.1, 0.15) is 17.9 Å². The maximum absolute atomic E-state index is 13.7. The highest BCUT2D eigenvalue weighted by Gasteiger charge is 2.53. The van der Waals surface area contributed by atoms with Crippen LogP contribution in [-0.4, -0.2) is 49.5 Å². The van der Waals surface area contributed by atoms with Crippen LogP contribution in [-0.2, 0) is 0 Å². The highest BCUT2D eigenvalue weighted by atomic mass is 19.4. The summed E-state index contributed by atoms with van der Waals surface area (Å²) in [6.45, 7) is 3.17. The first-order valence-electron chi connectivity index (χ1n) is 8.23. The smallest absolute Gasteiger partial charge is 0.314 e. The van der Waals surface area contributed by atoms with Gasteiger partial charge in [-0.15, -0.1) is 0 Å². The second-order valence-electron chi connectivity index (χ2n) is 6.40. The predicted octanol–water partition coefficient (Wildman–Crippen LogP) is 2.07. The van der Waals surface area contributed by atoms with E-state index in [4.69, 9.17) is 0 Å². The SMILES string of the molecule is N#CC1NC(N2CCNCC2)CC(c2ccccc2)C1C(F)(F)F. The van der Waals surface area contributed by atoms with Crippen molar-refractivity contribution in [3.05, 3.63) is 35.9 Å². The van der Waals surface area contributed by atoms with Crippen LogP contribution in [0.4, 0.5) is 13.2 Å². The molecule has 2 fully saturated rings. The Morgan fingerprint density at radius 3 is 2.38 bits per heavy atom. The van der Waals surface area contributed by atoms with Gasteiger partial charge in [0.15, 0.2) is 0 Å². The molecule has 4 unspecified atom stereocenters. The third-order valence-corrected chi connectivity index (χ3v) is 4.98. The lowest BCUT2D eigenvalue weighted by atomic mass is 9.75. The zero-order valence-corrected chi connectivity index (χ0v) is 13.3. The lowest BCUT2D eigenvalue weighted by molar-refractivity contribution is -0.194. The molecule has 4 atom stereocenters. The standard InChI is InChI=1S/C17H21F3N4/c18-17(19,20)16-13(12-4-2-1-3-5-12)10-15(23-14(16)11-21)24-8-6-22-7-9-24/h1-5,13-16,22-23H,6-10H2. The van der Waals surface area contributed by atoms with Gasteiger partial charge in [0, 0.05) is 32.1 Å². The molecule has 2 aliphatic rings. The first kappa shape index (κ1) is 17.2.